The minimum absolute atomic E-state index is 0. The molecule has 39 atom stereocenters. The molecule has 20 aliphatic rings. The van der Waals surface area contributed by atoms with Crippen LogP contribution in [0, 0.1) is 212 Å². The smallest absolute Gasteiger partial charge is 0.341 e. The van der Waals surface area contributed by atoms with Gasteiger partial charge in [-0.3, -0.25) is 38.0 Å². The number of fused-ring (bicyclic) bond motifs is 26. The van der Waals surface area contributed by atoms with E-state index in [4.69, 9.17) is 11.3 Å². The second kappa shape index (κ2) is 36.7. The number of esters is 1. The zero-order valence-corrected chi connectivity index (χ0v) is 80.9. The van der Waals surface area contributed by atoms with E-state index in [9.17, 15) is 58.0 Å². The number of hydrogen-bond acceptors (Lipinski definition) is 17. The Kier molecular flexibility index (Phi) is 27.4. The molecule has 19 aliphatic carbocycles. The first-order valence-corrected chi connectivity index (χ1v) is 52.5. The van der Waals surface area contributed by atoms with Gasteiger partial charge in [-0.25, -0.2) is 36.0 Å². The number of rotatable bonds is 15. The Morgan fingerprint density at radius 1 is 0.410 bits per heavy atom. The Balaban J connectivity index is 0.000000127. The molecule has 4 aromatic rings. The van der Waals surface area contributed by atoms with Crippen molar-refractivity contribution in [3.63, 3.8) is 0 Å². The summed E-state index contributed by atoms with van der Waals surface area (Å²) in [6.45, 7) is 27.6. The lowest BCUT2D eigenvalue weighted by Gasteiger charge is -2.57. The third-order valence-electron chi connectivity index (χ3n) is 42.9. The van der Waals surface area contributed by atoms with Crippen LogP contribution in [0.4, 0.5) is 32.0 Å². The molecule has 23 nitrogen and oxygen atoms in total. The second-order valence-electron chi connectivity index (χ2n) is 50.7. The molecule has 19 saturated carbocycles. The molecule has 0 aromatic carbocycles. The number of aromatic nitrogens is 10. The SMILES string of the molecule is C.C.C.C.CCOC(=O)c1cnn(CC(=O)[C@H]2[C@@H]3[C@H]([C@H]4[C@@H]5CC[C@@H]6C[C@](C)(O)CC[C@@H]6[C@H]5CC[C@@]42C)C3(F)F)c1.C[C@@]1(O)CC[C@H]2[C@H](CC[C@@H]3[C@@H]2CC[C@@]2(C)[C@H]3[C@@H]3C[C@@H]3[C@@H]2C(=O)Cn2cc(C(=O)N3CC(F)(F)C3)cn2)C1.C[C@@]1(O)CC[C@H]2[C@H](CC[C@@H]3[C@@H]2CC[C@@]2(C)[C@H]3[C@H]3[C@@H]([C@@H]2C(=O)Cn2ncnn2)C3(F)F)C1.[C-]#[N+]c1cnn(CC(=O)[C@H]2CC(C)[C@H]3[C@@H]4CC[C@@H]5C[C@](C)(O)CC[C@@H]5[C@H]4CC[C@]23C)c1. The fraction of sp³-hybridized carbons (Fsp3) is 0.845. The molecule has 29 heteroatoms. The van der Waals surface area contributed by atoms with Gasteiger partial charge in [0.15, 0.2) is 29.5 Å². The first-order valence-electron chi connectivity index (χ1n) is 52.5. The van der Waals surface area contributed by atoms with Crippen LogP contribution in [-0.4, -0.2) is 170 Å². The first kappa shape index (κ1) is 104. The maximum absolute atomic E-state index is 15.3. The van der Waals surface area contributed by atoms with Crippen molar-refractivity contribution < 1.29 is 80.3 Å². The number of hydrogen-bond donors (Lipinski definition) is 4. The van der Waals surface area contributed by atoms with Gasteiger partial charge in [0.05, 0.1) is 98.0 Å². The molecule has 20 fully saturated rings. The molecule has 0 bridgehead atoms. The number of aliphatic hydroxyl groups is 4. The number of ether oxygens (including phenoxy) is 1. The van der Waals surface area contributed by atoms with Crippen LogP contribution in [0.5, 0.6) is 0 Å². The molecule has 4 N–H and O–H groups in total. The summed E-state index contributed by atoms with van der Waals surface area (Å²) in [6, 6.07) is 0. The van der Waals surface area contributed by atoms with Crippen molar-refractivity contribution in [3.8, 4) is 0 Å². The van der Waals surface area contributed by atoms with Crippen molar-refractivity contribution in [2.45, 2.75) is 358 Å². The number of likely N-dealkylation sites (tertiary alicyclic amines) is 1. The highest BCUT2D eigenvalue weighted by molar-refractivity contribution is 5.95. The van der Waals surface area contributed by atoms with Gasteiger partial charge in [0, 0.05) is 65.9 Å². The molecule has 0 spiro atoms. The zero-order chi connectivity index (χ0) is 95.3. The van der Waals surface area contributed by atoms with E-state index in [0.29, 0.717) is 101 Å². The van der Waals surface area contributed by atoms with E-state index >= 15 is 17.6 Å². The van der Waals surface area contributed by atoms with Gasteiger partial charge < -0.3 is 30.1 Å². The van der Waals surface area contributed by atoms with E-state index in [2.05, 4.69) is 70.2 Å². The lowest BCUT2D eigenvalue weighted by atomic mass is 9.47. The molecule has 139 heavy (non-hydrogen) atoms. The van der Waals surface area contributed by atoms with Crippen LogP contribution in [0.15, 0.2) is 43.5 Å². The maximum atomic E-state index is 15.3. The largest absolute Gasteiger partial charge is 0.462 e. The average Bonchev–Trinajstić information content (AvgIpc) is 1.50. The van der Waals surface area contributed by atoms with Gasteiger partial charge in [0.25, 0.3) is 23.7 Å². The van der Waals surface area contributed by atoms with Crippen molar-refractivity contribution in [2.75, 3.05) is 19.7 Å². The monoisotopic (exact) mass is 1940 g/mol. The molecule has 1 saturated heterocycles. The summed E-state index contributed by atoms with van der Waals surface area (Å²) < 4.78 is 96.5. The lowest BCUT2D eigenvalue weighted by molar-refractivity contribution is -0.146. The predicted molar refractivity (Wildman–Crippen MR) is 512 cm³/mol. The van der Waals surface area contributed by atoms with Gasteiger partial charge in [0.2, 0.25) is 5.69 Å². The van der Waals surface area contributed by atoms with E-state index in [0.717, 1.165) is 182 Å². The van der Waals surface area contributed by atoms with E-state index in [1.165, 1.54) is 84.0 Å². The first-order chi connectivity index (χ1) is 63.8. The normalized spacial score (nSPS) is 46.5. The number of Topliss-reactive ketones (excluding diaryl/α,β-unsaturated/α-hetero) is 4. The number of halogens is 6. The molecule has 1 aliphatic heterocycles. The van der Waals surface area contributed by atoms with Crippen molar-refractivity contribution in [1.29, 1.82) is 0 Å². The Morgan fingerprint density at radius 2 is 0.791 bits per heavy atom. The fourth-order valence-corrected chi connectivity index (χ4v) is 38.0. The summed E-state index contributed by atoms with van der Waals surface area (Å²) in [7, 11) is 0. The van der Waals surface area contributed by atoms with Gasteiger partial charge in [-0.1, -0.05) is 64.3 Å². The Bertz CT molecular complexity index is 5250. The number of carbonyl (C=O) groups is 6. The van der Waals surface area contributed by atoms with Gasteiger partial charge in [0.1, 0.15) is 6.54 Å². The Morgan fingerprint density at radius 3 is 1.22 bits per heavy atom. The number of carbonyl (C=O) groups excluding carboxylic acids is 6. The van der Waals surface area contributed by atoms with Crippen molar-refractivity contribution >= 4 is 40.7 Å². The van der Waals surface area contributed by atoms with Crippen molar-refractivity contribution in [3.05, 3.63) is 66.1 Å². The predicted octanol–water partition coefficient (Wildman–Crippen LogP) is 20.3. The highest BCUT2D eigenvalue weighted by Gasteiger charge is 2.87. The highest BCUT2D eigenvalue weighted by atomic mass is 19.3. The summed E-state index contributed by atoms with van der Waals surface area (Å²) in [5.41, 5.74) is -1.75. The van der Waals surface area contributed by atoms with Crippen LogP contribution >= 0.6 is 0 Å². The summed E-state index contributed by atoms with van der Waals surface area (Å²) in [5.74, 6) is -1.11. The van der Waals surface area contributed by atoms with Crippen LogP contribution in [0.2, 0.25) is 0 Å². The minimum Gasteiger partial charge on any atom is -0.462 e. The summed E-state index contributed by atoms with van der Waals surface area (Å²) in [5, 5.41) is 66.4. The van der Waals surface area contributed by atoms with E-state index < -0.39 is 106 Å². The molecule has 1 amide bonds. The molecule has 5 heterocycles. The maximum Gasteiger partial charge on any atom is 0.341 e. The van der Waals surface area contributed by atoms with Crippen LogP contribution in [0.25, 0.3) is 4.85 Å². The topological polar surface area (TPSA) is 297 Å². The third-order valence-corrected chi connectivity index (χ3v) is 42.9. The molecule has 24 rings (SSSR count). The quantitative estimate of drug-likeness (QED) is 0.0488. The molecule has 1 unspecified atom stereocenters. The lowest BCUT2D eigenvalue weighted by Crippen LogP contribution is -2.58. The number of ketones is 4. The molecular formula is C110H162F6N12O11. The van der Waals surface area contributed by atoms with Gasteiger partial charge in [-0.15, -0.1) is 10.2 Å². The van der Waals surface area contributed by atoms with Gasteiger partial charge in [-0.05, 0) is 390 Å². The molecule has 770 valence electrons. The van der Waals surface area contributed by atoms with Crippen LogP contribution < -0.4 is 0 Å². The fourth-order valence-electron chi connectivity index (χ4n) is 38.0. The van der Waals surface area contributed by atoms with Crippen molar-refractivity contribution in [1.82, 2.24) is 54.4 Å². The third kappa shape index (κ3) is 17.7. The summed E-state index contributed by atoms with van der Waals surface area (Å²) in [6.07, 6.45) is 41.2. The van der Waals surface area contributed by atoms with Gasteiger partial charge in [-0.2, -0.15) is 20.1 Å². The zero-order valence-electron chi connectivity index (χ0n) is 80.9. The summed E-state index contributed by atoms with van der Waals surface area (Å²) >= 11 is 0. The molecule has 4 aromatic heterocycles. The standard InChI is InChI=1S/C29H39F2N3O3.C28H38F2N2O4.C26H37N3O2.C23H32F2N4O2.4CH4/c1-27(37)7-5-18-16(10-27)3-4-20-19(18)6-8-28(2)24(20)21-9-22(21)25(28)23(35)13-34-12-17(11-32-34)26(36)33-14-29(30,31)15-33;1-4-36-25(34)16-12-31-32(13-16)14-20(33)22-24-23(28(24,29)30)21-19-6-5-15-11-26(2,35)9-7-17(15)18(19)8-10-27(21,22)3;1-16-11-22(23(30)15-29-14-18(27-4)13-28-29)26(3)10-8-20-19-7-9-25(2,31)12-17(19)5-6-21(20)24(16)26;1-21(31)7-5-13-12(9-21)3-4-15-14(13)6-8-22(2)17(15)19-20(23(19,24)25)18(22)16(30)10-29-27-11-26-28-29;;;;/h11-12,16,18-22,24-25,37H,3-10,13-15H2,1-2H3;12-13,15,17-19,21-24,35H,4-11,14H2,1-3H3;13-14,16-17,19-22,24,31H,5-12,15H2,1-3H3;11-15,17-20,31H,3-10H2,1-2H3;4*1H4/t16-,18+,19-,20-,21-,22+,24-,25-,27-,28+;15-,17+,18-,19-,21-,22+,23+,24-,26-,27+;16?,17-,19+,20-,21-,22-,24+,25-,26-;12-,13+,14-,15-,17-,18+,19+,20-,21-,22+;;;;/m1111..../s1. The second-order valence-corrected chi connectivity index (χ2v) is 50.7. The van der Waals surface area contributed by atoms with Crippen LogP contribution in [0.3, 0.4) is 0 Å². The van der Waals surface area contributed by atoms with E-state index in [-0.39, 0.29) is 136 Å². The Labute approximate surface area is 819 Å². The molecule has 0 radical (unpaired) electrons. The van der Waals surface area contributed by atoms with Crippen LogP contribution in [-0.2, 0) is 50.1 Å². The van der Waals surface area contributed by atoms with Crippen molar-refractivity contribution in [2.24, 2.45) is 205 Å². The summed E-state index contributed by atoms with van der Waals surface area (Å²) in [4.78, 5) is 84.3. The van der Waals surface area contributed by atoms with E-state index in [1.807, 2.05) is 27.7 Å². The van der Waals surface area contributed by atoms with Crippen LogP contribution in [0.1, 0.15) is 312 Å². The van der Waals surface area contributed by atoms with Gasteiger partial charge >= 0.3 is 5.97 Å². The number of amides is 1. The average molecular weight is 1940 g/mol. The number of alkyl halides is 6. The molecular weight excluding hydrogens is 1780 g/mol. The van der Waals surface area contributed by atoms with E-state index in [1.54, 1.807) is 30.2 Å². The highest BCUT2D eigenvalue weighted by Crippen LogP contribution is 2.83. The Hall–Kier alpha value is -6.77. The number of nitrogens with zero attached hydrogens (tertiary/aromatic N) is 12. The minimum atomic E-state index is -2.80. The number of tetrazole rings is 1.